The average Bonchev–Trinajstić information content (AvgIpc) is 3.94. The largest absolute Gasteiger partial charge is 0.481 e. The van der Waals surface area contributed by atoms with E-state index in [2.05, 4.69) is 9.88 Å². The van der Waals surface area contributed by atoms with Gasteiger partial charge in [0.05, 0.1) is 31.0 Å². The lowest BCUT2D eigenvalue weighted by atomic mass is 9.90. The first-order valence-corrected chi connectivity index (χ1v) is 17.9. The topological polar surface area (TPSA) is 125 Å². The van der Waals surface area contributed by atoms with Gasteiger partial charge in [0.2, 0.25) is 11.8 Å². The zero-order chi connectivity index (χ0) is 37.2. The van der Waals surface area contributed by atoms with Gasteiger partial charge in [-0.3, -0.25) is 19.6 Å². The highest BCUT2D eigenvalue weighted by Gasteiger charge is 2.44. The fraction of sp³-hybridized carbons (Fsp3) is 0.400. The highest BCUT2D eigenvalue weighted by Crippen LogP contribution is 2.48. The Labute approximate surface area is 304 Å². The number of benzene rings is 3. The van der Waals surface area contributed by atoms with Crippen molar-refractivity contribution >= 4 is 17.1 Å². The van der Waals surface area contributed by atoms with Crippen molar-refractivity contribution in [3.8, 4) is 39.7 Å². The lowest BCUT2D eigenvalue weighted by Gasteiger charge is -2.25. The van der Waals surface area contributed by atoms with Gasteiger partial charge in [-0.15, -0.1) is 0 Å². The molecule has 2 aromatic heterocycles. The van der Waals surface area contributed by atoms with Crippen LogP contribution in [0.1, 0.15) is 58.8 Å². The van der Waals surface area contributed by atoms with Crippen LogP contribution in [0.25, 0.3) is 44.9 Å². The van der Waals surface area contributed by atoms with Gasteiger partial charge in [-0.1, -0.05) is 30.3 Å². The first kappa shape index (κ1) is 35.2. The van der Waals surface area contributed by atoms with Crippen molar-refractivity contribution in [2.75, 3.05) is 33.3 Å². The third-order valence-electron chi connectivity index (χ3n) is 11.2. The van der Waals surface area contributed by atoms with Crippen molar-refractivity contribution < 1.29 is 37.3 Å². The molecule has 276 valence electrons. The van der Waals surface area contributed by atoms with Gasteiger partial charge in [-0.25, -0.2) is 9.97 Å². The van der Waals surface area contributed by atoms with Crippen molar-refractivity contribution in [1.82, 2.24) is 24.8 Å². The summed E-state index contributed by atoms with van der Waals surface area (Å²) in [5.74, 6) is -0.886. The van der Waals surface area contributed by atoms with Crippen molar-refractivity contribution in [3.05, 3.63) is 82.2 Å². The van der Waals surface area contributed by atoms with E-state index in [1.54, 1.807) is 25.4 Å². The number of aliphatic hydroxyl groups excluding tert-OH is 1. The summed E-state index contributed by atoms with van der Waals surface area (Å²) in [6.07, 6.45) is -1.38. The van der Waals surface area contributed by atoms with Gasteiger partial charge in [-0.2, -0.15) is 13.2 Å². The molecule has 2 aliphatic heterocycles. The number of likely N-dealkylation sites (tertiary alicyclic amines) is 2. The zero-order valence-corrected chi connectivity index (χ0v) is 29.7. The van der Waals surface area contributed by atoms with Crippen molar-refractivity contribution in [2.45, 2.75) is 64.4 Å². The number of β-amino-alcohol motifs (C(OH)–C–C–N with tert-alkyl or cyclic N) is 1. The van der Waals surface area contributed by atoms with Crippen molar-refractivity contribution in [3.63, 3.8) is 0 Å². The molecule has 0 spiro atoms. The smallest absolute Gasteiger partial charge is 0.420 e. The Morgan fingerprint density at radius 1 is 0.981 bits per heavy atom. The first-order valence-electron chi connectivity index (χ1n) is 17.9. The number of alkyl halides is 3. The van der Waals surface area contributed by atoms with Gasteiger partial charge < -0.3 is 19.4 Å². The summed E-state index contributed by atoms with van der Waals surface area (Å²) in [7, 11) is 1.56. The predicted molar refractivity (Wildman–Crippen MR) is 191 cm³/mol. The Hall–Kier alpha value is -4.85. The molecule has 4 heterocycles. The Morgan fingerprint density at radius 2 is 1.70 bits per heavy atom. The summed E-state index contributed by atoms with van der Waals surface area (Å²) in [5.41, 5.74) is 6.09. The highest BCUT2D eigenvalue weighted by molar-refractivity contribution is 5.86. The molecule has 0 saturated carbocycles. The number of carboxylic acid groups (broad SMARTS) is 1. The second-order valence-electron chi connectivity index (χ2n) is 14.4. The minimum atomic E-state index is -4.67. The van der Waals surface area contributed by atoms with Crippen LogP contribution in [0.5, 0.6) is 5.88 Å². The number of halogens is 3. The standard InChI is InChI=1S/C40H40F3N5O5/c1-21-25(6-4-8-27(21)32-17-44-33(38(46-32)52-3)20-47-14-13-24(49)19-47)26-7-5-9-28(22(26)2)37-45-31-16-30-29(35(36(31)53-37)40(41,42)43)10-11-34(30)48-15-12-23(18-48)39(50)51/h4-9,16-17,23-24,34,49H,10-15,18-20H2,1-3H3,(H,50,51)/t23-,24-,34-/m1/s1. The van der Waals surface area contributed by atoms with E-state index in [0.29, 0.717) is 67.4 Å². The van der Waals surface area contributed by atoms with Crippen LogP contribution in [0.4, 0.5) is 13.2 Å². The van der Waals surface area contributed by atoms with Gasteiger partial charge in [0.25, 0.3) is 0 Å². The average molecular weight is 728 g/mol. The van der Waals surface area contributed by atoms with Crippen LogP contribution in [0.2, 0.25) is 0 Å². The fourth-order valence-corrected chi connectivity index (χ4v) is 8.52. The number of aliphatic hydroxyl groups is 1. The van der Waals surface area contributed by atoms with E-state index >= 15 is 0 Å². The Kier molecular flexibility index (Phi) is 8.98. The van der Waals surface area contributed by atoms with E-state index in [0.717, 1.165) is 40.8 Å². The van der Waals surface area contributed by atoms with Gasteiger partial charge in [0, 0.05) is 43.3 Å². The lowest BCUT2D eigenvalue weighted by Crippen LogP contribution is -2.26. The second kappa shape index (κ2) is 13.5. The molecule has 3 aromatic carbocycles. The molecule has 53 heavy (non-hydrogen) atoms. The number of carbonyl (C=O) groups is 1. The number of aliphatic carboxylic acids is 1. The minimum Gasteiger partial charge on any atom is -0.481 e. The van der Waals surface area contributed by atoms with Crippen LogP contribution >= 0.6 is 0 Å². The molecular weight excluding hydrogens is 687 g/mol. The Balaban J connectivity index is 1.15. The van der Waals surface area contributed by atoms with Gasteiger partial charge in [0.15, 0.2) is 5.58 Å². The molecule has 1 aliphatic carbocycles. The number of oxazole rings is 1. The Bertz CT molecular complexity index is 2240. The maximum atomic E-state index is 14.8. The molecule has 0 unspecified atom stereocenters. The quantitative estimate of drug-likeness (QED) is 0.169. The Morgan fingerprint density at radius 3 is 2.36 bits per heavy atom. The first-order chi connectivity index (χ1) is 25.4. The van der Waals surface area contributed by atoms with E-state index in [4.69, 9.17) is 19.1 Å². The van der Waals surface area contributed by atoms with Gasteiger partial charge in [0.1, 0.15) is 16.8 Å². The van der Waals surface area contributed by atoms with Crippen LogP contribution in [-0.2, 0) is 23.9 Å². The third-order valence-corrected chi connectivity index (χ3v) is 11.2. The zero-order valence-electron chi connectivity index (χ0n) is 29.7. The predicted octanol–water partition coefficient (Wildman–Crippen LogP) is 7.22. The van der Waals surface area contributed by atoms with E-state index in [1.807, 2.05) is 49.1 Å². The van der Waals surface area contributed by atoms with E-state index in [-0.39, 0.29) is 41.1 Å². The number of carboxylic acids is 1. The molecule has 3 atom stereocenters. The molecule has 2 saturated heterocycles. The van der Waals surface area contributed by atoms with Crippen LogP contribution < -0.4 is 4.74 Å². The molecule has 0 amide bonds. The molecule has 2 fully saturated rings. The molecule has 13 heteroatoms. The maximum Gasteiger partial charge on any atom is 0.420 e. The number of aromatic nitrogens is 3. The lowest BCUT2D eigenvalue weighted by molar-refractivity contribution is -0.141. The normalized spacial score (nSPS) is 20.8. The molecule has 3 aliphatic rings. The summed E-state index contributed by atoms with van der Waals surface area (Å²) < 4.78 is 56.1. The van der Waals surface area contributed by atoms with Crippen molar-refractivity contribution in [1.29, 1.82) is 0 Å². The number of fused-ring (bicyclic) bond motifs is 2. The van der Waals surface area contributed by atoms with Crippen LogP contribution in [-0.4, -0.2) is 80.3 Å². The summed E-state index contributed by atoms with van der Waals surface area (Å²) in [4.78, 5) is 29.9. The van der Waals surface area contributed by atoms with E-state index < -0.39 is 23.6 Å². The van der Waals surface area contributed by atoms with Crippen molar-refractivity contribution in [2.24, 2.45) is 5.92 Å². The van der Waals surface area contributed by atoms with E-state index in [1.165, 1.54) is 0 Å². The molecule has 5 aromatic rings. The monoisotopic (exact) mass is 727 g/mol. The SMILES string of the molecule is COc1nc(-c2cccc(-c3cccc(-c4nc5cc6c(c(C(F)(F)F)c5o4)CC[C@H]6N4CC[C@@H](C(=O)O)C4)c3C)c2C)cnc1CN1CC[C@@H](O)C1. The molecule has 10 nitrogen and oxygen atoms in total. The molecule has 0 radical (unpaired) electrons. The molecule has 0 bridgehead atoms. The molecule has 2 N–H and O–H groups in total. The minimum absolute atomic E-state index is 0.0997. The van der Waals surface area contributed by atoms with Gasteiger partial charge >= 0.3 is 12.1 Å². The fourth-order valence-electron chi connectivity index (χ4n) is 8.52. The molecule has 8 rings (SSSR count). The number of rotatable bonds is 8. The second-order valence-corrected chi connectivity index (χ2v) is 14.4. The number of ether oxygens (including phenoxy) is 1. The van der Waals surface area contributed by atoms with Crippen LogP contribution in [0, 0.1) is 19.8 Å². The summed E-state index contributed by atoms with van der Waals surface area (Å²) in [6.45, 7) is 6.61. The summed E-state index contributed by atoms with van der Waals surface area (Å²) >= 11 is 0. The van der Waals surface area contributed by atoms with E-state index in [9.17, 15) is 28.2 Å². The molecular formula is C40H40F3N5O5. The number of hydrogen-bond donors (Lipinski definition) is 2. The number of methoxy groups -OCH3 is 1. The number of hydrogen-bond acceptors (Lipinski definition) is 9. The highest BCUT2D eigenvalue weighted by atomic mass is 19.4. The summed E-state index contributed by atoms with van der Waals surface area (Å²) in [5, 5.41) is 19.5. The summed E-state index contributed by atoms with van der Waals surface area (Å²) in [6, 6.07) is 12.9. The maximum absolute atomic E-state index is 14.8. The van der Waals surface area contributed by atoms with Crippen LogP contribution in [0.3, 0.4) is 0 Å². The number of nitrogens with zero attached hydrogens (tertiary/aromatic N) is 5. The van der Waals surface area contributed by atoms with Crippen LogP contribution in [0.15, 0.2) is 53.1 Å². The van der Waals surface area contributed by atoms with Gasteiger partial charge in [-0.05, 0) is 91.6 Å². The third kappa shape index (κ3) is 6.34.